The molecular weight excluding hydrogens is 268 g/mol. The van der Waals surface area contributed by atoms with E-state index in [2.05, 4.69) is 55.3 Å². The van der Waals surface area contributed by atoms with Crippen LogP contribution < -0.4 is 5.32 Å². The largest absolute Gasteiger partial charge is 0.311 e. The first kappa shape index (κ1) is 15.3. The molecule has 1 heterocycles. The normalized spacial score (nSPS) is 13.6. The van der Waals surface area contributed by atoms with Crippen molar-refractivity contribution in [2.45, 2.75) is 39.1 Å². The Balaban J connectivity index is 1.93. The summed E-state index contributed by atoms with van der Waals surface area (Å²) in [5.41, 5.74) is 2.57. The maximum Gasteiger partial charge on any atom is 0.0746 e. The van der Waals surface area contributed by atoms with E-state index in [9.17, 15) is 0 Å². The van der Waals surface area contributed by atoms with Crippen molar-refractivity contribution in [3.63, 3.8) is 0 Å². The molecule has 1 N–H and O–H groups in total. The van der Waals surface area contributed by atoms with Crippen molar-refractivity contribution in [3.8, 4) is 0 Å². The molecule has 0 amide bonds. The number of aromatic nitrogens is 1. The summed E-state index contributed by atoms with van der Waals surface area (Å²) in [6.07, 6.45) is 2.85. The van der Waals surface area contributed by atoms with Gasteiger partial charge in [-0.15, -0.1) is 11.6 Å². The third-order valence-electron chi connectivity index (χ3n) is 3.23. The van der Waals surface area contributed by atoms with Crippen molar-refractivity contribution >= 4 is 22.5 Å². The summed E-state index contributed by atoms with van der Waals surface area (Å²) in [6.45, 7) is 8.29. The molecule has 0 spiro atoms. The number of rotatable bonds is 5. The van der Waals surface area contributed by atoms with E-state index >= 15 is 0 Å². The predicted molar refractivity (Wildman–Crippen MR) is 87.2 cm³/mol. The molecule has 0 aliphatic carbocycles. The summed E-state index contributed by atoms with van der Waals surface area (Å²) < 4.78 is 0. The number of nitrogens with one attached hydrogen (secondary N) is 1. The van der Waals surface area contributed by atoms with Crippen LogP contribution in [0.2, 0.25) is 0 Å². The monoisotopic (exact) mass is 290 g/mol. The fourth-order valence-electron chi connectivity index (χ4n) is 2.41. The fourth-order valence-corrected chi connectivity index (χ4v) is 2.98. The van der Waals surface area contributed by atoms with Gasteiger partial charge in [0.1, 0.15) is 0 Å². The number of hydrogen-bond acceptors (Lipinski definition) is 2. The Morgan fingerprint density at radius 3 is 2.70 bits per heavy atom. The summed E-state index contributed by atoms with van der Waals surface area (Å²) in [6, 6.07) is 10.4. The van der Waals surface area contributed by atoms with Gasteiger partial charge < -0.3 is 5.32 Å². The summed E-state index contributed by atoms with van der Waals surface area (Å²) >= 11 is 6.37. The van der Waals surface area contributed by atoms with Crippen molar-refractivity contribution in [1.29, 1.82) is 0 Å². The Hall–Kier alpha value is -1.12. The molecule has 0 fully saturated rings. The van der Waals surface area contributed by atoms with E-state index in [4.69, 9.17) is 11.6 Å². The van der Waals surface area contributed by atoms with Crippen molar-refractivity contribution in [3.05, 3.63) is 42.1 Å². The Bertz CT molecular complexity index is 555. The Kier molecular flexibility index (Phi) is 5.00. The number of alkyl halides is 1. The maximum absolute atomic E-state index is 6.37. The van der Waals surface area contributed by atoms with Crippen LogP contribution in [0, 0.1) is 5.41 Å². The number of benzene rings is 1. The van der Waals surface area contributed by atoms with E-state index in [0.29, 0.717) is 0 Å². The summed E-state index contributed by atoms with van der Waals surface area (Å²) in [5.74, 6) is 0. The number of fused-ring (bicyclic) bond motifs is 1. The van der Waals surface area contributed by atoms with Gasteiger partial charge in [0.2, 0.25) is 0 Å². The summed E-state index contributed by atoms with van der Waals surface area (Å²) in [4.78, 5) is 4.47. The van der Waals surface area contributed by atoms with Crippen molar-refractivity contribution < 1.29 is 0 Å². The van der Waals surface area contributed by atoms with Gasteiger partial charge in [-0.3, -0.25) is 4.98 Å². The van der Waals surface area contributed by atoms with Gasteiger partial charge in [-0.1, -0.05) is 45.0 Å². The van der Waals surface area contributed by atoms with Gasteiger partial charge in [0.25, 0.3) is 0 Å². The van der Waals surface area contributed by atoms with Gasteiger partial charge in [0.05, 0.1) is 5.52 Å². The Labute approximate surface area is 126 Å². The van der Waals surface area contributed by atoms with Crippen LogP contribution in [-0.2, 0) is 6.54 Å². The van der Waals surface area contributed by atoms with Crippen LogP contribution in [0.1, 0.15) is 32.8 Å². The lowest BCUT2D eigenvalue weighted by molar-refractivity contribution is 0.364. The van der Waals surface area contributed by atoms with Crippen LogP contribution in [0.15, 0.2) is 36.5 Å². The lowest BCUT2D eigenvalue weighted by atomic mass is 9.90. The van der Waals surface area contributed by atoms with Crippen LogP contribution >= 0.6 is 11.6 Å². The molecule has 2 nitrogen and oxygen atoms in total. The molecule has 20 heavy (non-hydrogen) atoms. The van der Waals surface area contributed by atoms with Crippen molar-refractivity contribution in [2.75, 3.05) is 6.54 Å². The van der Waals surface area contributed by atoms with Crippen LogP contribution in [0.4, 0.5) is 0 Å². The number of nitrogens with zero attached hydrogens (tertiary/aromatic N) is 1. The average Bonchev–Trinajstić information content (AvgIpc) is 2.37. The summed E-state index contributed by atoms with van der Waals surface area (Å²) in [7, 11) is 0. The molecule has 1 aromatic carbocycles. The van der Waals surface area contributed by atoms with Crippen LogP contribution in [0.5, 0.6) is 0 Å². The SMILES string of the molecule is CC(C)(C)CC(Cl)CNCc1cccc2cccnc12. The van der Waals surface area contributed by atoms with E-state index in [0.717, 1.165) is 25.0 Å². The van der Waals surface area contributed by atoms with Crippen LogP contribution in [0.3, 0.4) is 0 Å². The smallest absolute Gasteiger partial charge is 0.0746 e. The maximum atomic E-state index is 6.37. The Morgan fingerprint density at radius 1 is 1.20 bits per heavy atom. The lowest BCUT2D eigenvalue weighted by Gasteiger charge is -2.22. The highest BCUT2D eigenvalue weighted by Crippen LogP contribution is 2.23. The lowest BCUT2D eigenvalue weighted by Crippen LogP contribution is -2.26. The van der Waals surface area contributed by atoms with Gasteiger partial charge in [-0.2, -0.15) is 0 Å². The van der Waals surface area contributed by atoms with E-state index in [1.54, 1.807) is 0 Å². The molecular formula is C17H23ClN2. The first-order chi connectivity index (χ1) is 9.46. The Morgan fingerprint density at radius 2 is 1.95 bits per heavy atom. The van der Waals surface area contributed by atoms with E-state index < -0.39 is 0 Å². The second-order valence-corrected chi connectivity index (χ2v) is 7.10. The third kappa shape index (κ3) is 4.46. The zero-order valence-electron chi connectivity index (χ0n) is 12.5. The second-order valence-electron chi connectivity index (χ2n) is 6.49. The van der Waals surface area contributed by atoms with Gasteiger partial charge in [-0.25, -0.2) is 0 Å². The molecule has 2 aromatic rings. The molecule has 0 aliphatic rings. The van der Waals surface area contributed by atoms with Gasteiger partial charge in [0, 0.05) is 30.0 Å². The minimum atomic E-state index is 0.165. The van der Waals surface area contributed by atoms with E-state index in [-0.39, 0.29) is 10.8 Å². The van der Waals surface area contributed by atoms with E-state index in [1.165, 1.54) is 10.9 Å². The highest BCUT2D eigenvalue weighted by molar-refractivity contribution is 6.20. The highest BCUT2D eigenvalue weighted by Gasteiger charge is 2.16. The molecule has 0 saturated carbocycles. The van der Waals surface area contributed by atoms with Gasteiger partial charge in [0.15, 0.2) is 0 Å². The highest BCUT2D eigenvalue weighted by atomic mass is 35.5. The zero-order chi connectivity index (χ0) is 14.6. The number of halogens is 1. The van der Waals surface area contributed by atoms with Gasteiger partial charge >= 0.3 is 0 Å². The first-order valence-corrected chi connectivity index (χ1v) is 7.57. The second kappa shape index (κ2) is 6.55. The van der Waals surface area contributed by atoms with Crippen molar-refractivity contribution in [2.24, 2.45) is 5.41 Å². The number of para-hydroxylation sites is 1. The minimum Gasteiger partial charge on any atom is -0.311 e. The molecule has 1 atom stereocenters. The quantitative estimate of drug-likeness (QED) is 0.827. The van der Waals surface area contributed by atoms with Crippen molar-refractivity contribution in [1.82, 2.24) is 10.3 Å². The average molecular weight is 291 g/mol. The minimum absolute atomic E-state index is 0.165. The molecule has 1 aromatic heterocycles. The van der Waals surface area contributed by atoms with Crippen LogP contribution in [-0.4, -0.2) is 16.9 Å². The zero-order valence-corrected chi connectivity index (χ0v) is 13.2. The molecule has 2 rings (SSSR count). The van der Waals surface area contributed by atoms with Crippen LogP contribution in [0.25, 0.3) is 10.9 Å². The fraction of sp³-hybridized carbons (Fsp3) is 0.471. The molecule has 1 unspecified atom stereocenters. The van der Waals surface area contributed by atoms with E-state index in [1.807, 2.05) is 12.3 Å². The summed E-state index contributed by atoms with van der Waals surface area (Å²) in [5, 5.41) is 4.79. The first-order valence-electron chi connectivity index (χ1n) is 7.13. The molecule has 0 bridgehead atoms. The third-order valence-corrected chi connectivity index (χ3v) is 3.54. The number of hydrogen-bond donors (Lipinski definition) is 1. The number of pyridine rings is 1. The molecule has 108 valence electrons. The molecule has 3 heteroatoms. The molecule has 0 aliphatic heterocycles. The van der Waals surface area contributed by atoms with Gasteiger partial charge in [-0.05, 0) is 23.5 Å². The molecule has 0 saturated heterocycles. The molecule has 0 radical (unpaired) electrons. The topological polar surface area (TPSA) is 24.9 Å². The standard InChI is InChI=1S/C17H23ClN2/c1-17(2,3)10-15(18)12-19-11-14-7-4-6-13-8-5-9-20-16(13)14/h4-9,15,19H,10-12H2,1-3H3. The predicted octanol–water partition coefficient (Wildman–Crippen LogP) is 4.37.